The van der Waals surface area contributed by atoms with Crippen LogP contribution in [0.5, 0.6) is 11.5 Å². The third-order valence-corrected chi connectivity index (χ3v) is 6.72. The number of aromatic nitrogens is 5. The Morgan fingerprint density at radius 2 is 2.00 bits per heavy atom. The minimum atomic E-state index is -0.786. The average molecular weight is 591 g/mol. The van der Waals surface area contributed by atoms with E-state index in [1.54, 1.807) is 6.07 Å². The zero-order valence-corrected chi connectivity index (χ0v) is 23.1. The van der Waals surface area contributed by atoms with E-state index in [2.05, 4.69) is 40.7 Å². The van der Waals surface area contributed by atoms with Crippen molar-refractivity contribution in [2.75, 3.05) is 25.9 Å². The Morgan fingerprint density at radius 1 is 1.21 bits per heavy atom. The summed E-state index contributed by atoms with van der Waals surface area (Å²) in [6, 6.07) is 8.73. The van der Waals surface area contributed by atoms with E-state index in [1.807, 2.05) is 0 Å². The van der Waals surface area contributed by atoms with Crippen molar-refractivity contribution in [3.05, 3.63) is 74.6 Å². The summed E-state index contributed by atoms with van der Waals surface area (Å²) in [6.45, 7) is 3.61. The fraction of sp³-hybridized carbons (Fsp3) is 0.269. The second kappa shape index (κ2) is 12.4. The molecule has 43 heavy (non-hydrogen) atoms. The number of esters is 1. The topological polar surface area (TPSA) is 219 Å². The fourth-order valence-electron chi connectivity index (χ4n) is 4.55. The first-order valence-electron chi connectivity index (χ1n) is 13.0. The summed E-state index contributed by atoms with van der Waals surface area (Å²) in [5, 5.41) is 30.7. The molecule has 17 nitrogen and oxygen atoms in total. The number of nitro groups is 1. The van der Waals surface area contributed by atoms with Crippen LogP contribution in [-0.4, -0.2) is 73.4 Å². The van der Waals surface area contributed by atoms with Crippen LogP contribution in [0.2, 0.25) is 0 Å². The maximum absolute atomic E-state index is 13.3. The maximum atomic E-state index is 13.3. The number of nitrogens with two attached hydrogens (primary N) is 1. The predicted octanol–water partition coefficient (Wildman–Crippen LogP) is 2.04. The number of nitrogens with zero attached hydrogens (tertiary/aromatic N) is 8. The first kappa shape index (κ1) is 28.8. The van der Waals surface area contributed by atoms with Gasteiger partial charge in [0.25, 0.3) is 11.6 Å². The number of nitrogens with one attached hydrogen (secondary N) is 1. The molecule has 0 spiro atoms. The fourth-order valence-corrected chi connectivity index (χ4v) is 4.55. The van der Waals surface area contributed by atoms with E-state index in [1.165, 1.54) is 50.6 Å². The number of hydrazone groups is 1. The SMILES string of the molecule is COc1cc(/C=N/NC(=O)c2c(CN3CCCC3)nnn2-c2nonc2N)ccc1OC(=O)c1cccc([N+](=O)[O-])c1C. The molecule has 2 aromatic heterocycles. The molecule has 2 aromatic carbocycles. The number of nitrogen functional groups attached to an aromatic ring is 1. The molecule has 0 aliphatic carbocycles. The number of methoxy groups -OCH3 is 1. The lowest BCUT2D eigenvalue weighted by Crippen LogP contribution is -2.26. The Labute approximate surface area is 243 Å². The van der Waals surface area contributed by atoms with Crippen molar-refractivity contribution >= 4 is 29.6 Å². The van der Waals surface area contributed by atoms with Gasteiger partial charge in [-0.25, -0.2) is 14.8 Å². The zero-order valence-electron chi connectivity index (χ0n) is 23.1. The van der Waals surface area contributed by atoms with Crippen LogP contribution in [0.1, 0.15) is 50.5 Å². The number of anilines is 1. The number of carbonyl (C=O) groups excluding carboxylic acids is 2. The van der Waals surface area contributed by atoms with Crippen LogP contribution >= 0.6 is 0 Å². The van der Waals surface area contributed by atoms with E-state index in [4.69, 9.17) is 15.2 Å². The summed E-state index contributed by atoms with van der Waals surface area (Å²) in [5.41, 5.74) is 9.28. The van der Waals surface area contributed by atoms with E-state index in [-0.39, 0.29) is 45.6 Å². The molecule has 222 valence electrons. The molecule has 1 aliphatic heterocycles. The van der Waals surface area contributed by atoms with Gasteiger partial charge in [0, 0.05) is 18.2 Å². The summed E-state index contributed by atoms with van der Waals surface area (Å²) in [6.07, 6.45) is 3.46. The normalized spacial score (nSPS) is 13.3. The van der Waals surface area contributed by atoms with E-state index >= 15 is 0 Å². The third-order valence-electron chi connectivity index (χ3n) is 6.72. The number of likely N-dealkylation sites (tertiary alicyclic amines) is 1. The lowest BCUT2D eigenvalue weighted by atomic mass is 10.1. The Balaban J connectivity index is 1.32. The molecule has 0 bridgehead atoms. The highest BCUT2D eigenvalue weighted by Crippen LogP contribution is 2.30. The van der Waals surface area contributed by atoms with Gasteiger partial charge >= 0.3 is 5.97 Å². The lowest BCUT2D eigenvalue weighted by molar-refractivity contribution is -0.385. The predicted molar refractivity (Wildman–Crippen MR) is 149 cm³/mol. The average Bonchev–Trinajstić information content (AvgIpc) is 3.75. The van der Waals surface area contributed by atoms with Crippen molar-refractivity contribution in [3.63, 3.8) is 0 Å². The number of hydrogen-bond donors (Lipinski definition) is 2. The molecule has 0 saturated carbocycles. The number of rotatable bonds is 10. The molecule has 5 rings (SSSR count). The van der Waals surface area contributed by atoms with Crippen molar-refractivity contribution in [1.29, 1.82) is 0 Å². The molecule has 1 fully saturated rings. The largest absolute Gasteiger partial charge is 0.493 e. The molecule has 0 unspecified atom stereocenters. The highest BCUT2D eigenvalue weighted by molar-refractivity contribution is 5.95. The van der Waals surface area contributed by atoms with Crippen molar-refractivity contribution in [2.45, 2.75) is 26.3 Å². The van der Waals surface area contributed by atoms with Gasteiger partial charge in [-0.05, 0) is 73.0 Å². The number of carbonyl (C=O) groups is 2. The minimum Gasteiger partial charge on any atom is -0.493 e. The van der Waals surface area contributed by atoms with Gasteiger partial charge in [0.15, 0.2) is 17.2 Å². The van der Waals surface area contributed by atoms with Gasteiger partial charge in [-0.15, -0.1) is 5.10 Å². The van der Waals surface area contributed by atoms with Crippen LogP contribution in [0.3, 0.4) is 0 Å². The van der Waals surface area contributed by atoms with Crippen LogP contribution in [-0.2, 0) is 6.54 Å². The van der Waals surface area contributed by atoms with E-state index < -0.39 is 16.8 Å². The van der Waals surface area contributed by atoms with Crippen molar-refractivity contribution in [1.82, 2.24) is 35.6 Å². The van der Waals surface area contributed by atoms with Crippen molar-refractivity contribution < 1.29 is 28.6 Å². The molecule has 3 N–H and O–H groups in total. The molecule has 3 heterocycles. The molecule has 0 atom stereocenters. The number of benzene rings is 2. The number of ether oxygens (including phenoxy) is 2. The monoisotopic (exact) mass is 590 g/mol. The Kier molecular flexibility index (Phi) is 8.33. The number of amides is 1. The Morgan fingerprint density at radius 3 is 2.70 bits per heavy atom. The number of nitro benzene ring substituents is 1. The quantitative estimate of drug-likeness (QED) is 0.0889. The van der Waals surface area contributed by atoms with Crippen LogP contribution in [0.4, 0.5) is 11.5 Å². The standard InChI is InChI=1S/C26H26N10O7/c1-15-17(6-5-7-19(15)36(39)40)26(38)42-20-9-8-16(12-21(20)41-2)13-28-30-25(37)22-18(14-34-10-3-4-11-34)29-33-35(22)24-23(27)31-43-32-24/h5-9,12-13H,3-4,10-11,14H2,1-2H3,(H2,27,31)(H,30,37)/b28-13+. The zero-order chi connectivity index (χ0) is 30.5. The maximum Gasteiger partial charge on any atom is 0.344 e. The van der Waals surface area contributed by atoms with E-state index in [0.717, 1.165) is 30.6 Å². The van der Waals surface area contributed by atoms with Gasteiger partial charge < -0.3 is 15.2 Å². The molecule has 4 aromatic rings. The summed E-state index contributed by atoms with van der Waals surface area (Å²) in [5.74, 6) is -1.18. The van der Waals surface area contributed by atoms with Gasteiger partial charge in [0.2, 0.25) is 11.6 Å². The van der Waals surface area contributed by atoms with Crippen LogP contribution in [0.15, 0.2) is 46.1 Å². The minimum absolute atomic E-state index is 0.0180. The lowest BCUT2D eigenvalue weighted by Gasteiger charge is -2.13. The highest BCUT2D eigenvalue weighted by Gasteiger charge is 2.27. The second-order valence-electron chi connectivity index (χ2n) is 9.46. The van der Waals surface area contributed by atoms with Gasteiger partial charge in [0.1, 0.15) is 5.69 Å². The molecule has 1 saturated heterocycles. The van der Waals surface area contributed by atoms with Gasteiger partial charge in [-0.1, -0.05) is 11.3 Å². The molecule has 1 amide bonds. The smallest absolute Gasteiger partial charge is 0.344 e. The molecule has 0 radical (unpaired) electrons. The van der Waals surface area contributed by atoms with Crippen LogP contribution in [0.25, 0.3) is 5.82 Å². The van der Waals surface area contributed by atoms with Crippen molar-refractivity contribution in [3.8, 4) is 17.3 Å². The van der Waals surface area contributed by atoms with Crippen LogP contribution in [0, 0.1) is 17.0 Å². The first-order chi connectivity index (χ1) is 20.8. The highest BCUT2D eigenvalue weighted by atomic mass is 16.6. The molecular formula is C26H26N10O7. The van der Waals surface area contributed by atoms with Crippen molar-refractivity contribution in [2.24, 2.45) is 5.10 Å². The van der Waals surface area contributed by atoms with Gasteiger partial charge in [-0.3, -0.25) is 19.8 Å². The number of hydrogen-bond acceptors (Lipinski definition) is 14. The van der Waals surface area contributed by atoms with E-state index in [0.29, 0.717) is 17.8 Å². The van der Waals surface area contributed by atoms with Crippen LogP contribution < -0.4 is 20.6 Å². The second-order valence-corrected chi connectivity index (χ2v) is 9.46. The Hall–Kier alpha value is -5.71. The summed E-state index contributed by atoms with van der Waals surface area (Å²) in [7, 11) is 1.38. The first-order valence-corrected chi connectivity index (χ1v) is 13.0. The molecule has 1 aliphatic rings. The van der Waals surface area contributed by atoms with Gasteiger partial charge in [-0.2, -0.15) is 9.78 Å². The Bertz CT molecular complexity index is 1710. The summed E-state index contributed by atoms with van der Waals surface area (Å²) in [4.78, 5) is 38.8. The van der Waals surface area contributed by atoms with Gasteiger partial charge in [0.05, 0.1) is 23.8 Å². The summed E-state index contributed by atoms with van der Waals surface area (Å²) >= 11 is 0. The van der Waals surface area contributed by atoms with E-state index in [9.17, 15) is 19.7 Å². The third kappa shape index (κ3) is 6.15. The molecule has 17 heteroatoms. The molecular weight excluding hydrogens is 564 g/mol. The summed E-state index contributed by atoms with van der Waals surface area (Å²) < 4.78 is 16.6.